The number of nitrogens with zero attached hydrogens (tertiary/aromatic N) is 2. The quantitative estimate of drug-likeness (QED) is 0.337. The normalized spacial score (nSPS) is 20.2. The van der Waals surface area contributed by atoms with Crippen LogP contribution >= 0.6 is 0 Å². The number of aryl methyl sites for hydroxylation is 2. The average Bonchev–Trinajstić information content (AvgIpc) is 3.60. The Hall–Kier alpha value is -2.93. The zero-order valence-corrected chi connectivity index (χ0v) is 22.2. The summed E-state index contributed by atoms with van der Waals surface area (Å²) in [5.74, 6) is 0.636. The Labute approximate surface area is 215 Å². The molecule has 5 rings (SSSR count). The Morgan fingerprint density at radius 2 is 1.92 bits per heavy atom. The second-order valence-corrected chi connectivity index (χ2v) is 12.7. The summed E-state index contributed by atoms with van der Waals surface area (Å²) in [4.78, 5) is 36.6. The van der Waals surface area contributed by atoms with Crippen molar-refractivity contribution in [1.82, 2.24) is 20.3 Å². The number of hydrogen-bond acceptors (Lipinski definition) is 5. The van der Waals surface area contributed by atoms with E-state index in [1.165, 1.54) is 12.4 Å². The number of halogens is 1. The van der Waals surface area contributed by atoms with Gasteiger partial charge in [-0.15, -0.1) is 0 Å². The molecule has 2 aromatic heterocycles. The number of H-pyrrole nitrogens is 1. The Morgan fingerprint density at radius 1 is 1.17 bits per heavy atom. The van der Waals surface area contributed by atoms with Crippen molar-refractivity contribution >= 4 is 37.4 Å². The molecule has 1 radical (unpaired) electrons. The van der Waals surface area contributed by atoms with Crippen LogP contribution in [0, 0.1) is 25.6 Å². The molecule has 0 aliphatic heterocycles. The molecular weight excluding hydrogens is 526 g/mol. The van der Waals surface area contributed by atoms with Crippen molar-refractivity contribution in [3.8, 4) is 17.0 Å². The van der Waals surface area contributed by atoms with Gasteiger partial charge in [-0.05, 0) is 0 Å². The molecule has 2 saturated carbocycles. The van der Waals surface area contributed by atoms with Gasteiger partial charge in [0.2, 0.25) is 0 Å². The van der Waals surface area contributed by atoms with Crippen LogP contribution in [0.5, 0.6) is 5.75 Å². The van der Waals surface area contributed by atoms with Gasteiger partial charge in [-0.1, -0.05) is 0 Å². The van der Waals surface area contributed by atoms with Crippen molar-refractivity contribution in [3.05, 3.63) is 41.1 Å². The minimum atomic E-state index is -0.995. The van der Waals surface area contributed by atoms with Crippen molar-refractivity contribution in [2.45, 2.75) is 63.1 Å². The number of benzene rings is 1. The monoisotopic (exact) mass is 555 g/mol. The maximum absolute atomic E-state index is 14.4. The van der Waals surface area contributed by atoms with E-state index in [-0.39, 0.29) is 16.4 Å². The van der Waals surface area contributed by atoms with Gasteiger partial charge in [0, 0.05) is 0 Å². The standard InChI is InChI=1S/C26H29AsFN4O4/c1-13-9-18(20(10-19(13)28)36-11-15-3-4-15)22-24-23(30-12-29-22)21(14(2)31-24)25(33)27-16-5-7-17(8-6-16)32-26(34)35/h9-10,12,15-17,31-32H,3-8,11H2,1-2H3,(H,34,35). The van der Waals surface area contributed by atoms with Crippen molar-refractivity contribution < 1.29 is 23.8 Å². The summed E-state index contributed by atoms with van der Waals surface area (Å²) < 4.78 is 20.8. The minimum absolute atomic E-state index is 0.0318. The Bertz CT molecular complexity index is 1320. The zero-order chi connectivity index (χ0) is 25.4. The topological polar surface area (TPSA) is 117 Å². The van der Waals surface area contributed by atoms with E-state index >= 15 is 0 Å². The molecule has 2 fully saturated rings. The van der Waals surface area contributed by atoms with Gasteiger partial charge in [0.1, 0.15) is 0 Å². The molecule has 0 saturated heterocycles. The number of carbonyl (C=O) groups excluding carboxylic acids is 1. The van der Waals surface area contributed by atoms with Gasteiger partial charge >= 0.3 is 215 Å². The summed E-state index contributed by atoms with van der Waals surface area (Å²) in [6.45, 7) is 4.13. The summed E-state index contributed by atoms with van der Waals surface area (Å²) in [6.07, 6.45) is 5.91. The van der Waals surface area contributed by atoms with Gasteiger partial charge in [-0.3, -0.25) is 0 Å². The number of hydrogen-bond donors (Lipinski definition) is 3. The molecule has 10 heteroatoms. The number of carboxylic acid groups (broad SMARTS) is 1. The van der Waals surface area contributed by atoms with E-state index in [0.717, 1.165) is 44.2 Å². The van der Waals surface area contributed by atoms with E-state index in [9.17, 15) is 14.0 Å². The fourth-order valence-electron chi connectivity index (χ4n) is 4.80. The van der Waals surface area contributed by atoms with Crippen LogP contribution in [0.25, 0.3) is 22.3 Å². The van der Waals surface area contributed by atoms with Gasteiger partial charge in [0.25, 0.3) is 0 Å². The van der Waals surface area contributed by atoms with Crippen LogP contribution in [0.3, 0.4) is 0 Å². The molecule has 189 valence electrons. The summed E-state index contributed by atoms with van der Waals surface area (Å²) in [5.41, 5.74) is 4.33. The molecule has 3 N–H and O–H groups in total. The van der Waals surface area contributed by atoms with Gasteiger partial charge in [-0.2, -0.15) is 0 Å². The molecule has 2 aliphatic rings. The fourth-order valence-corrected chi connectivity index (χ4v) is 7.51. The molecule has 2 aliphatic carbocycles. The van der Waals surface area contributed by atoms with E-state index in [0.29, 0.717) is 56.4 Å². The molecule has 8 nitrogen and oxygen atoms in total. The summed E-state index contributed by atoms with van der Waals surface area (Å²) in [6, 6.07) is 3.13. The number of rotatable bonds is 8. The number of aromatic nitrogens is 3. The van der Waals surface area contributed by atoms with Crippen LogP contribution in [-0.4, -0.2) is 59.1 Å². The van der Waals surface area contributed by atoms with Crippen molar-refractivity contribution in [1.29, 1.82) is 0 Å². The third-order valence-electron chi connectivity index (χ3n) is 7.00. The first-order valence-corrected chi connectivity index (χ1v) is 14.3. The number of nitrogens with one attached hydrogen (secondary N) is 2. The average molecular weight is 555 g/mol. The van der Waals surface area contributed by atoms with Crippen LogP contribution < -0.4 is 10.1 Å². The first kappa shape index (κ1) is 24.7. The second-order valence-electron chi connectivity index (χ2n) is 9.81. The molecule has 0 atom stereocenters. The summed E-state index contributed by atoms with van der Waals surface area (Å²) in [5, 5.41) is 11.5. The van der Waals surface area contributed by atoms with Crippen molar-refractivity contribution in [3.63, 3.8) is 0 Å². The summed E-state index contributed by atoms with van der Waals surface area (Å²) >= 11 is -0.625. The van der Waals surface area contributed by atoms with Gasteiger partial charge in [0.05, 0.1) is 0 Å². The van der Waals surface area contributed by atoms with E-state index in [1.54, 1.807) is 13.0 Å². The van der Waals surface area contributed by atoms with Crippen LogP contribution in [0.4, 0.5) is 9.18 Å². The Kier molecular flexibility index (Phi) is 7.02. The van der Waals surface area contributed by atoms with Crippen molar-refractivity contribution in [2.24, 2.45) is 5.92 Å². The fraction of sp³-hybridized carbons (Fsp3) is 0.462. The number of ether oxygens (including phenoxy) is 1. The van der Waals surface area contributed by atoms with Crippen LogP contribution in [0.15, 0.2) is 18.5 Å². The molecule has 0 bridgehead atoms. The SMILES string of the molecule is Cc1cc(-c2ncnc3c(C(=O)[As]C4CCC(NC(=O)O)CC4)c(C)[nH]c23)c(OCC2CC2)cc1F. The molecule has 1 aromatic carbocycles. The summed E-state index contributed by atoms with van der Waals surface area (Å²) in [7, 11) is 0. The van der Waals surface area contributed by atoms with Gasteiger partial charge in [-0.25, -0.2) is 0 Å². The van der Waals surface area contributed by atoms with E-state index in [4.69, 9.17) is 9.84 Å². The molecule has 2 heterocycles. The molecule has 0 spiro atoms. The molecule has 3 aromatic rings. The maximum atomic E-state index is 14.4. The number of carbonyl (C=O) groups is 2. The first-order chi connectivity index (χ1) is 17.3. The Balaban J connectivity index is 1.42. The van der Waals surface area contributed by atoms with Crippen molar-refractivity contribution in [2.75, 3.05) is 6.61 Å². The number of fused-ring (bicyclic) bond motifs is 1. The zero-order valence-electron chi connectivity index (χ0n) is 20.3. The molecular formula is C26H29AsFN4O4. The molecule has 0 unspecified atom stereocenters. The predicted molar refractivity (Wildman–Crippen MR) is 134 cm³/mol. The third kappa shape index (κ3) is 5.26. The van der Waals surface area contributed by atoms with E-state index in [2.05, 4.69) is 20.3 Å². The third-order valence-corrected chi connectivity index (χ3v) is 9.81. The number of aromatic amines is 1. The van der Waals surface area contributed by atoms with Crippen LogP contribution in [-0.2, 0) is 0 Å². The Morgan fingerprint density at radius 3 is 2.61 bits per heavy atom. The van der Waals surface area contributed by atoms with Gasteiger partial charge in [0.15, 0.2) is 0 Å². The first-order valence-electron chi connectivity index (χ1n) is 12.3. The van der Waals surface area contributed by atoms with Crippen LogP contribution in [0.1, 0.15) is 60.1 Å². The molecule has 1 amide bonds. The van der Waals surface area contributed by atoms with Crippen LogP contribution in [0.2, 0.25) is 4.71 Å². The second kappa shape index (κ2) is 10.2. The number of amides is 1. The van der Waals surface area contributed by atoms with E-state index in [1.807, 2.05) is 6.92 Å². The molecule has 36 heavy (non-hydrogen) atoms. The predicted octanol–water partition coefficient (Wildman–Crippen LogP) is 5.01. The van der Waals surface area contributed by atoms with Gasteiger partial charge < -0.3 is 0 Å². The van der Waals surface area contributed by atoms with E-state index < -0.39 is 21.8 Å².